The Labute approximate surface area is 236 Å². The molecule has 4 rings (SSSR count). The largest absolute Gasteiger partial charge is 0.493 e. The maximum Gasteiger partial charge on any atom is 0.416 e. The molecule has 0 aliphatic rings. The number of benzene rings is 4. The van der Waals surface area contributed by atoms with E-state index in [1.54, 1.807) is 6.07 Å². The van der Waals surface area contributed by atoms with Crippen molar-refractivity contribution in [2.45, 2.75) is 31.1 Å². The second-order valence-corrected chi connectivity index (χ2v) is 9.41. The summed E-state index contributed by atoms with van der Waals surface area (Å²) in [5.74, 6) is 0.255. The third-order valence-corrected chi connectivity index (χ3v) is 6.69. The molecule has 9 heteroatoms. The number of amides is 1. The smallest absolute Gasteiger partial charge is 0.416 e. The number of nitrogens with one attached hydrogen (secondary N) is 2. The van der Waals surface area contributed by atoms with Gasteiger partial charge in [-0.25, -0.2) is 4.39 Å². The normalized spacial score (nSPS) is 12.8. The molecule has 0 saturated heterocycles. The van der Waals surface area contributed by atoms with Crippen LogP contribution < -0.4 is 20.1 Å². The van der Waals surface area contributed by atoms with Crippen molar-refractivity contribution in [2.24, 2.45) is 0 Å². The van der Waals surface area contributed by atoms with Gasteiger partial charge in [-0.2, -0.15) is 13.2 Å². The average molecular weight is 567 g/mol. The maximum absolute atomic E-state index is 13.6. The van der Waals surface area contributed by atoms with E-state index in [0.717, 1.165) is 23.3 Å². The number of halogens is 4. The van der Waals surface area contributed by atoms with E-state index in [-0.39, 0.29) is 5.91 Å². The molecule has 2 atom stereocenters. The van der Waals surface area contributed by atoms with Gasteiger partial charge in [-0.1, -0.05) is 48.5 Å². The van der Waals surface area contributed by atoms with E-state index in [1.165, 1.54) is 50.6 Å². The molecule has 1 amide bonds. The fourth-order valence-corrected chi connectivity index (χ4v) is 4.50. The van der Waals surface area contributed by atoms with Gasteiger partial charge in [-0.05, 0) is 78.1 Å². The molecule has 4 aromatic carbocycles. The van der Waals surface area contributed by atoms with Gasteiger partial charge in [0.15, 0.2) is 11.5 Å². The first-order valence-electron chi connectivity index (χ1n) is 12.9. The third-order valence-electron chi connectivity index (χ3n) is 6.69. The van der Waals surface area contributed by atoms with Crippen molar-refractivity contribution in [1.29, 1.82) is 0 Å². The topological polar surface area (TPSA) is 59.6 Å². The molecule has 0 aliphatic carbocycles. The number of aryl methyl sites for hydroxylation is 1. The number of hydrogen-bond donors (Lipinski definition) is 2. The van der Waals surface area contributed by atoms with Crippen molar-refractivity contribution in [3.05, 3.63) is 125 Å². The maximum atomic E-state index is 13.6. The summed E-state index contributed by atoms with van der Waals surface area (Å²) in [6, 6.07) is 23.9. The van der Waals surface area contributed by atoms with Gasteiger partial charge in [0.05, 0.1) is 19.8 Å². The number of carbonyl (C=O) groups excluding carboxylic acids is 1. The van der Waals surface area contributed by atoms with Gasteiger partial charge >= 0.3 is 6.18 Å². The molecule has 0 bridgehead atoms. The predicted molar refractivity (Wildman–Crippen MR) is 149 cm³/mol. The summed E-state index contributed by atoms with van der Waals surface area (Å²) in [5, 5.41) is 6.29. The van der Waals surface area contributed by atoms with Crippen molar-refractivity contribution < 1.29 is 31.8 Å². The van der Waals surface area contributed by atoms with Crippen molar-refractivity contribution in [3.8, 4) is 11.5 Å². The first-order chi connectivity index (χ1) is 19.7. The molecule has 0 aliphatic heterocycles. The van der Waals surface area contributed by atoms with Crippen LogP contribution in [0.15, 0.2) is 97.1 Å². The number of carbonyl (C=O) groups is 1. The highest BCUT2D eigenvalue weighted by Crippen LogP contribution is 2.34. The Morgan fingerprint density at radius 2 is 1.46 bits per heavy atom. The molecular weight excluding hydrogens is 536 g/mol. The van der Waals surface area contributed by atoms with Gasteiger partial charge in [0, 0.05) is 11.7 Å². The number of ether oxygens (including phenoxy) is 2. The van der Waals surface area contributed by atoms with Crippen molar-refractivity contribution in [2.75, 3.05) is 19.5 Å². The molecule has 41 heavy (non-hydrogen) atoms. The predicted octanol–water partition coefficient (Wildman–Crippen LogP) is 7.51. The Morgan fingerprint density at radius 3 is 2.07 bits per heavy atom. The van der Waals surface area contributed by atoms with Crippen LogP contribution in [-0.2, 0) is 17.4 Å². The van der Waals surface area contributed by atoms with Crippen LogP contribution in [0.2, 0.25) is 0 Å². The summed E-state index contributed by atoms with van der Waals surface area (Å²) in [6.07, 6.45) is -3.53. The van der Waals surface area contributed by atoms with E-state index in [2.05, 4.69) is 10.6 Å². The van der Waals surface area contributed by atoms with Gasteiger partial charge in [0.25, 0.3) is 0 Å². The van der Waals surface area contributed by atoms with Crippen LogP contribution in [0.4, 0.5) is 23.2 Å². The van der Waals surface area contributed by atoms with E-state index in [9.17, 15) is 22.4 Å². The van der Waals surface area contributed by atoms with Crippen molar-refractivity contribution >= 4 is 11.6 Å². The van der Waals surface area contributed by atoms with Crippen molar-refractivity contribution in [3.63, 3.8) is 0 Å². The van der Waals surface area contributed by atoms with Crippen molar-refractivity contribution in [1.82, 2.24) is 5.32 Å². The SMILES string of the molecule is COc1ccc(C(CCc2ccc(C(F)(F)F)cc2)N[C@@H](C(=O)Nc2ccc(F)cc2)c2ccccc2)cc1OC. The summed E-state index contributed by atoms with van der Waals surface area (Å²) in [6.45, 7) is 0. The van der Waals surface area contributed by atoms with Gasteiger partial charge in [-0.3, -0.25) is 10.1 Å². The Morgan fingerprint density at radius 1 is 0.805 bits per heavy atom. The molecule has 0 heterocycles. The lowest BCUT2D eigenvalue weighted by molar-refractivity contribution is -0.137. The lowest BCUT2D eigenvalue weighted by Gasteiger charge is -2.27. The first kappa shape index (κ1) is 29.6. The summed E-state index contributed by atoms with van der Waals surface area (Å²) in [5.41, 5.74) is 1.94. The highest BCUT2D eigenvalue weighted by atomic mass is 19.4. The van der Waals surface area contributed by atoms with Gasteiger partial charge < -0.3 is 14.8 Å². The second-order valence-electron chi connectivity index (χ2n) is 9.41. The summed E-state index contributed by atoms with van der Waals surface area (Å²) >= 11 is 0. The van der Waals surface area contributed by atoms with E-state index < -0.39 is 29.6 Å². The molecule has 4 aromatic rings. The molecule has 0 fully saturated rings. The minimum atomic E-state index is -4.41. The lowest BCUT2D eigenvalue weighted by Crippen LogP contribution is -2.36. The van der Waals surface area contributed by atoms with E-state index in [1.807, 2.05) is 42.5 Å². The van der Waals surface area contributed by atoms with E-state index in [0.29, 0.717) is 35.6 Å². The highest BCUT2D eigenvalue weighted by molar-refractivity contribution is 5.95. The Kier molecular flexibility index (Phi) is 9.62. The van der Waals surface area contributed by atoms with E-state index >= 15 is 0 Å². The zero-order valence-corrected chi connectivity index (χ0v) is 22.5. The molecule has 2 N–H and O–H groups in total. The van der Waals surface area contributed by atoms with Crippen LogP contribution in [-0.4, -0.2) is 20.1 Å². The monoisotopic (exact) mass is 566 g/mol. The number of anilines is 1. The van der Waals surface area contributed by atoms with Gasteiger partial charge in [-0.15, -0.1) is 0 Å². The zero-order valence-electron chi connectivity index (χ0n) is 22.5. The summed E-state index contributed by atoms with van der Waals surface area (Å²) in [7, 11) is 3.05. The molecule has 0 saturated carbocycles. The lowest BCUT2D eigenvalue weighted by atomic mass is 9.95. The Bertz CT molecular complexity index is 1430. The van der Waals surface area contributed by atoms with Crippen LogP contribution in [0.3, 0.4) is 0 Å². The van der Waals surface area contributed by atoms with E-state index in [4.69, 9.17) is 9.47 Å². The molecule has 1 unspecified atom stereocenters. The third kappa shape index (κ3) is 7.85. The number of hydrogen-bond acceptors (Lipinski definition) is 4. The fourth-order valence-electron chi connectivity index (χ4n) is 4.50. The molecule has 214 valence electrons. The quantitative estimate of drug-likeness (QED) is 0.185. The molecule has 0 spiro atoms. The van der Waals surface area contributed by atoms with Gasteiger partial charge in [0.1, 0.15) is 11.9 Å². The Balaban J connectivity index is 1.65. The van der Waals surface area contributed by atoms with Crippen LogP contribution in [0.25, 0.3) is 0 Å². The summed E-state index contributed by atoms with van der Waals surface area (Å²) < 4.78 is 63.5. The van der Waals surface area contributed by atoms with Crippen LogP contribution >= 0.6 is 0 Å². The Hall–Kier alpha value is -4.37. The molecule has 5 nitrogen and oxygen atoms in total. The minimum absolute atomic E-state index is 0.359. The zero-order chi connectivity index (χ0) is 29.4. The van der Waals surface area contributed by atoms with Crippen LogP contribution in [0.1, 0.15) is 40.8 Å². The highest BCUT2D eigenvalue weighted by Gasteiger charge is 2.30. The standard InChI is InChI=1S/C32H30F4N2O3/c1-40-28-19-11-23(20-29(28)41-2)27(18-10-21-8-12-24(13-9-21)32(34,35)36)38-30(22-6-4-3-5-7-22)31(39)37-26-16-14-25(33)15-17-26/h3-9,11-17,19-20,27,30,38H,10,18H2,1-2H3,(H,37,39)/t27?,30-/m1/s1. The van der Waals surface area contributed by atoms with Gasteiger partial charge in [0.2, 0.25) is 5.91 Å². The number of methoxy groups -OCH3 is 2. The van der Waals surface area contributed by atoms with Crippen LogP contribution in [0.5, 0.6) is 11.5 Å². The first-order valence-corrected chi connectivity index (χ1v) is 12.9. The number of rotatable bonds is 11. The minimum Gasteiger partial charge on any atom is -0.493 e. The summed E-state index contributed by atoms with van der Waals surface area (Å²) in [4.78, 5) is 13.6. The number of alkyl halides is 3. The fraction of sp³-hybridized carbons (Fsp3) is 0.219. The molecule has 0 aromatic heterocycles. The average Bonchev–Trinajstić information content (AvgIpc) is 2.98. The second kappa shape index (κ2) is 13.3. The molecule has 0 radical (unpaired) electrons. The van der Waals surface area contributed by atoms with Crippen LogP contribution in [0, 0.1) is 5.82 Å². The molecular formula is C32H30F4N2O3.